The largest absolute Gasteiger partial charge is 0.481 e. The Balaban J connectivity index is 1.78. The van der Waals surface area contributed by atoms with Crippen molar-refractivity contribution >= 4 is 23.3 Å². The van der Waals surface area contributed by atoms with E-state index in [-0.39, 0.29) is 17.5 Å². The van der Waals surface area contributed by atoms with Crippen molar-refractivity contribution in [1.82, 2.24) is 0 Å². The van der Waals surface area contributed by atoms with E-state index in [4.69, 9.17) is 0 Å². The molecule has 6 unspecified atom stereocenters. The highest BCUT2D eigenvalue weighted by atomic mass is 16.6. The number of carbonyl (C=O) groups is 2. The first-order valence-electron chi connectivity index (χ1n) is 7.40. The Morgan fingerprint density at radius 1 is 1.35 bits per heavy atom. The molecule has 0 spiro atoms. The van der Waals surface area contributed by atoms with Gasteiger partial charge in [0.05, 0.1) is 34.6 Å². The second-order valence-corrected chi connectivity index (χ2v) is 6.42. The lowest BCUT2D eigenvalue weighted by atomic mass is 9.78. The summed E-state index contributed by atoms with van der Waals surface area (Å²) in [6, 6.07) is 5.18. The predicted molar refractivity (Wildman–Crippen MR) is 76.6 cm³/mol. The van der Waals surface area contributed by atoms with Gasteiger partial charge in [-0.1, -0.05) is 6.07 Å². The fourth-order valence-electron chi connectivity index (χ4n) is 4.73. The number of nitrogens with zero attached hydrogens (tertiary/aromatic N) is 2. The minimum atomic E-state index is -1.06. The maximum Gasteiger partial charge on any atom is 0.307 e. The number of amides is 1. The Kier molecular flexibility index (Phi) is 2.77. The van der Waals surface area contributed by atoms with Gasteiger partial charge in [-0.05, 0) is 18.4 Å². The standard InChI is InChI=1S/C15H14N2O6/c18-13-9-5-8-10(11(9)15(20)21)14(19)16(12(8)13)6-2-1-3-7(4-6)17(22)23/h1-4,8-13,18H,5H2,(H,20,21). The number of aliphatic hydroxyl groups is 1. The number of aliphatic carboxylic acids is 1. The van der Waals surface area contributed by atoms with E-state index in [1.807, 2.05) is 0 Å². The molecule has 1 aromatic rings. The number of aliphatic hydroxyl groups excluding tert-OH is 1. The van der Waals surface area contributed by atoms with Gasteiger partial charge in [-0.2, -0.15) is 0 Å². The zero-order valence-corrected chi connectivity index (χ0v) is 11.9. The lowest BCUT2D eigenvalue weighted by molar-refractivity contribution is -0.384. The van der Waals surface area contributed by atoms with Gasteiger partial charge in [0.15, 0.2) is 0 Å². The minimum absolute atomic E-state index is 0.145. The van der Waals surface area contributed by atoms with Crippen LogP contribution >= 0.6 is 0 Å². The van der Waals surface area contributed by atoms with Gasteiger partial charge >= 0.3 is 5.97 Å². The van der Waals surface area contributed by atoms with Crippen molar-refractivity contribution in [2.45, 2.75) is 18.6 Å². The number of hydrogen-bond acceptors (Lipinski definition) is 5. The van der Waals surface area contributed by atoms with Crippen molar-refractivity contribution in [1.29, 1.82) is 0 Å². The Bertz CT molecular complexity index is 734. The predicted octanol–water partition coefficient (Wildman–Crippen LogP) is 0.638. The quantitative estimate of drug-likeness (QED) is 0.623. The van der Waals surface area contributed by atoms with Gasteiger partial charge in [0.2, 0.25) is 5.91 Å². The number of nitro groups is 1. The monoisotopic (exact) mass is 318 g/mol. The number of anilines is 1. The maximum absolute atomic E-state index is 12.7. The fraction of sp³-hybridized carbons (Fsp3) is 0.467. The number of nitro benzene ring substituents is 1. The summed E-state index contributed by atoms with van der Waals surface area (Å²) in [6.07, 6.45) is -0.409. The van der Waals surface area contributed by atoms with Gasteiger partial charge < -0.3 is 15.1 Å². The maximum atomic E-state index is 12.7. The molecule has 1 saturated heterocycles. The summed E-state index contributed by atoms with van der Waals surface area (Å²) in [4.78, 5) is 36.0. The second kappa shape index (κ2) is 4.51. The average Bonchev–Trinajstić information content (AvgIpc) is 3.10. The number of non-ortho nitro benzene ring substituents is 1. The van der Waals surface area contributed by atoms with Gasteiger partial charge in [-0.15, -0.1) is 0 Å². The Morgan fingerprint density at radius 2 is 2.09 bits per heavy atom. The van der Waals surface area contributed by atoms with E-state index in [0.717, 1.165) is 0 Å². The van der Waals surface area contributed by atoms with Crippen molar-refractivity contribution in [3.8, 4) is 0 Å². The molecule has 2 bridgehead atoms. The van der Waals surface area contributed by atoms with Crippen LogP contribution in [-0.2, 0) is 9.59 Å². The van der Waals surface area contributed by atoms with Crippen LogP contribution in [0.2, 0.25) is 0 Å². The molecule has 23 heavy (non-hydrogen) atoms. The second-order valence-electron chi connectivity index (χ2n) is 6.42. The van der Waals surface area contributed by atoms with Crippen LogP contribution < -0.4 is 4.90 Å². The molecule has 1 aromatic carbocycles. The molecule has 0 aromatic heterocycles. The summed E-state index contributed by atoms with van der Waals surface area (Å²) < 4.78 is 0. The highest BCUT2D eigenvalue weighted by molar-refractivity contribution is 6.02. The van der Waals surface area contributed by atoms with Gasteiger partial charge in [0.1, 0.15) is 0 Å². The van der Waals surface area contributed by atoms with Gasteiger partial charge in [-0.25, -0.2) is 0 Å². The molecule has 6 atom stereocenters. The summed E-state index contributed by atoms with van der Waals surface area (Å²) >= 11 is 0. The molecule has 8 nitrogen and oxygen atoms in total. The Morgan fingerprint density at radius 3 is 2.74 bits per heavy atom. The first-order valence-corrected chi connectivity index (χ1v) is 7.40. The van der Waals surface area contributed by atoms with E-state index >= 15 is 0 Å². The molecule has 2 saturated carbocycles. The van der Waals surface area contributed by atoms with Gasteiger partial charge in [0.25, 0.3) is 5.69 Å². The number of carboxylic acids is 1. The average molecular weight is 318 g/mol. The van der Waals surface area contributed by atoms with E-state index in [9.17, 15) is 29.9 Å². The smallest absolute Gasteiger partial charge is 0.307 e. The van der Waals surface area contributed by atoms with Crippen molar-refractivity contribution in [2.75, 3.05) is 4.90 Å². The molecule has 3 fully saturated rings. The van der Waals surface area contributed by atoms with E-state index in [2.05, 4.69) is 0 Å². The number of fused-ring (bicyclic) bond motifs is 1. The number of carbonyl (C=O) groups excluding carboxylic acids is 1. The Hall–Kier alpha value is -2.48. The van der Waals surface area contributed by atoms with Crippen LogP contribution in [0.15, 0.2) is 24.3 Å². The third kappa shape index (κ3) is 1.69. The van der Waals surface area contributed by atoms with Crippen molar-refractivity contribution in [2.24, 2.45) is 23.7 Å². The molecule has 0 radical (unpaired) electrons. The van der Waals surface area contributed by atoms with E-state index in [1.165, 1.54) is 23.1 Å². The van der Waals surface area contributed by atoms with E-state index < -0.39 is 40.8 Å². The first-order chi connectivity index (χ1) is 10.9. The summed E-state index contributed by atoms with van der Waals surface area (Å²) in [5, 5.41) is 30.8. The number of hydrogen-bond donors (Lipinski definition) is 2. The van der Waals surface area contributed by atoms with Crippen LogP contribution in [-0.4, -0.2) is 39.2 Å². The van der Waals surface area contributed by atoms with E-state index in [1.54, 1.807) is 6.07 Å². The molecule has 4 rings (SSSR count). The van der Waals surface area contributed by atoms with Crippen LogP contribution in [0.3, 0.4) is 0 Å². The summed E-state index contributed by atoms with van der Waals surface area (Å²) in [5.74, 6) is -3.57. The molecule has 1 aliphatic heterocycles. The van der Waals surface area contributed by atoms with Crippen LogP contribution in [0.4, 0.5) is 11.4 Å². The normalized spacial score (nSPS) is 37.4. The molecule has 1 amide bonds. The summed E-state index contributed by atoms with van der Waals surface area (Å²) in [7, 11) is 0. The van der Waals surface area contributed by atoms with Crippen LogP contribution in [0.25, 0.3) is 0 Å². The molecular weight excluding hydrogens is 304 g/mol. The van der Waals surface area contributed by atoms with Crippen LogP contribution in [0.5, 0.6) is 0 Å². The zero-order valence-electron chi connectivity index (χ0n) is 11.9. The number of rotatable bonds is 3. The molecule has 2 N–H and O–H groups in total. The Labute approximate surface area is 130 Å². The van der Waals surface area contributed by atoms with Crippen molar-refractivity contribution < 1.29 is 24.7 Å². The minimum Gasteiger partial charge on any atom is -0.481 e. The lowest BCUT2D eigenvalue weighted by Crippen LogP contribution is -2.44. The van der Waals surface area contributed by atoms with Crippen LogP contribution in [0, 0.1) is 33.8 Å². The fourth-order valence-corrected chi connectivity index (χ4v) is 4.73. The number of carboxylic acid groups (broad SMARTS) is 1. The third-order valence-electron chi connectivity index (χ3n) is 5.51. The summed E-state index contributed by atoms with van der Waals surface area (Å²) in [5.41, 5.74) is 0.195. The van der Waals surface area contributed by atoms with Crippen molar-refractivity contribution in [3.63, 3.8) is 0 Å². The summed E-state index contributed by atoms with van der Waals surface area (Å²) in [6.45, 7) is 0. The molecule has 3 aliphatic rings. The highest BCUT2D eigenvalue weighted by Gasteiger charge is 2.69. The SMILES string of the molecule is O=C(O)C1C2CC3C1C(=O)N(c1cccc([N+](=O)[O-])c1)C3C2O. The van der Waals surface area contributed by atoms with Crippen LogP contribution in [0.1, 0.15) is 6.42 Å². The molecule has 120 valence electrons. The highest BCUT2D eigenvalue weighted by Crippen LogP contribution is 2.59. The zero-order chi connectivity index (χ0) is 16.5. The van der Waals surface area contributed by atoms with Gasteiger partial charge in [0, 0.05) is 18.1 Å². The molecule has 1 heterocycles. The lowest BCUT2D eigenvalue weighted by Gasteiger charge is -2.30. The van der Waals surface area contributed by atoms with E-state index in [0.29, 0.717) is 12.1 Å². The third-order valence-corrected chi connectivity index (χ3v) is 5.51. The van der Waals surface area contributed by atoms with Gasteiger partial charge in [-0.3, -0.25) is 19.7 Å². The topological polar surface area (TPSA) is 121 Å². The molecule has 8 heteroatoms. The van der Waals surface area contributed by atoms with Crippen molar-refractivity contribution in [3.05, 3.63) is 34.4 Å². The molecular formula is C15H14N2O6. The molecule has 2 aliphatic carbocycles. The first kappa shape index (κ1) is 14.1. The number of benzene rings is 1.